The number of hydrogen-bond donors (Lipinski definition) is 0. The van der Waals surface area contributed by atoms with E-state index in [1.165, 1.54) is 0 Å². The third-order valence-electron chi connectivity index (χ3n) is 5.17. The van der Waals surface area contributed by atoms with E-state index in [1.54, 1.807) is 0 Å². The van der Waals surface area contributed by atoms with Crippen LogP contribution in [0.25, 0.3) is 0 Å². The number of ether oxygens (including phenoxy) is 1. The van der Waals surface area contributed by atoms with Crippen LogP contribution in [-0.2, 0) is 21.5 Å². The number of halogens is 1. The molecule has 1 atom stereocenters. The molecule has 1 aliphatic heterocycles. The van der Waals surface area contributed by atoms with Crippen molar-refractivity contribution >= 4 is 17.6 Å². The van der Waals surface area contributed by atoms with Crippen LogP contribution in [0.3, 0.4) is 0 Å². The summed E-state index contributed by atoms with van der Waals surface area (Å²) in [6, 6.07) is 21.9. The molecule has 0 spiro atoms. The number of carbonyl (C=O) groups is 1. The summed E-state index contributed by atoms with van der Waals surface area (Å²) < 4.78 is 7.78. The Balaban J connectivity index is 0.000000755. The summed E-state index contributed by atoms with van der Waals surface area (Å²) in [4.78, 5) is 13.1. The molecule has 0 saturated carbocycles. The van der Waals surface area contributed by atoms with Crippen molar-refractivity contribution in [2.45, 2.75) is 45.3 Å². The molecule has 0 radical (unpaired) electrons. The zero-order valence-electron chi connectivity index (χ0n) is 17.1. The molecule has 152 valence electrons. The molecule has 0 aliphatic carbocycles. The van der Waals surface area contributed by atoms with Crippen LogP contribution in [0, 0.1) is 13.8 Å². The van der Waals surface area contributed by atoms with Crippen LogP contribution >= 0.6 is 11.6 Å². The molecule has 0 bridgehead atoms. The van der Waals surface area contributed by atoms with Crippen molar-refractivity contribution in [3.05, 3.63) is 89.2 Å². The Morgan fingerprint density at radius 1 is 1.07 bits per heavy atom. The van der Waals surface area contributed by atoms with Crippen LogP contribution in [0.15, 0.2) is 66.7 Å². The quantitative estimate of drug-likeness (QED) is 0.446. The molecule has 1 saturated heterocycles. The lowest BCUT2D eigenvalue weighted by atomic mass is 9.72. The van der Waals surface area contributed by atoms with Crippen LogP contribution in [0.2, 0.25) is 0 Å². The van der Waals surface area contributed by atoms with Crippen LogP contribution in [0.4, 0.5) is 0 Å². The fourth-order valence-corrected chi connectivity index (χ4v) is 3.96. The molecular weight excluding hydrogens is 384 g/mol. The van der Waals surface area contributed by atoms with Gasteiger partial charge in [0.2, 0.25) is 0 Å². The highest BCUT2D eigenvalue weighted by molar-refractivity contribution is 6.17. The first-order valence-corrected chi connectivity index (χ1v) is 10.4. The predicted molar refractivity (Wildman–Crippen MR) is 116 cm³/mol. The number of alkyl halides is 1. The average molecular weight is 411 g/mol. The Labute approximate surface area is 177 Å². The Hall–Kier alpha value is -2.59. The summed E-state index contributed by atoms with van der Waals surface area (Å²) in [6.45, 7) is 6.47. The Morgan fingerprint density at radius 3 is 2.03 bits per heavy atom. The second kappa shape index (κ2) is 9.27. The van der Waals surface area contributed by atoms with Gasteiger partial charge in [-0.05, 0) is 31.0 Å². The van der Waals surface area contributed by atoms with E-state index < -0.39 is 5.41 Å². The van der Waals surface area contributed by atoms with Gasteiger partial charge in [-0.2, -0.15) is 5.10 Å². The summed E-state index contributed by atoms with van der Waals surface area (Å²) >= 11 is 5.00. The molecule has 5 heteroatoms. The molecule has 2 heterocycles. The number of cyclic esters (lactones) is 1. The van der Waals surface area contributed by atoms with E-state index in [9.17, 15) is 4.79 Å². The van der Waals surface area contributed by atoms with Gasteiger partial charge in [0.1, 0.15) is 11.5 Å². The molecule has 1 fully saturated rings. The molecule has 0 N–H and O–H groups in total. The molecular formula is C24H27ClN2O2. The standard InChI is InChI=1S/C22H22N2O2.C2H5Cl/c1-16-13-17(2)24(23-16)15-20-14-22(21(25)26-20,18-9-5-3-6-10-18)19-11-7-4-8-12-19;1-2-3/h3-13,20H,14-15H2,1-2H3;2H2,1H3. The van der Waals surface area contributed by atoms with E-state index in [0.717, 1.165) is 28.4 Å². The highest BCUT2D eigenvalue weighted by Gasteiger charge is 2.51. The number of carbonyl (C=O) groups excluding carboxylic acids is 1. The zero-order chi connectivity index (χ0) is 20.9. The normalized spacial score (nSPS) is 17.4. The minimum absolute atomic E-state index is 0.179. The Morgan fingerprint density at radius 2 is 1.59 bits per heavy atom. The van der Waals surface area contributed by atoms with Gasteiger partial charge < -0.3 is 4.74 Å². The van der Waals surface area contributed by atoms with Crippen molar-refractivity contribution in [3.63, 3.8) is 0 Å². The fourth-order valence-electron chi connectivity index (χ4n) is 3.96. The van der Waals surface area contributed by atoms with E-state index in [0.29, 0.717) is 13.0 Å². The molecule has 4 rings (SSSR count). The highest BCUT2D eigenvalue weighted by atomic mass is 35.5. The van der Waals surface area contributed by atoms with Gasteiger partial charge >= 0.3 is 5.97 Å². The lowest BCUT2D eigenvalue weighted by molar-refractivity contribution is -0.145. The van der Waals surface area contributed by atoms with Gasteiger partial charge in [-0.15, -0.1) is 11.6 Å². The first-order valence-electron chi connectivity index (χ1n) is 9.90. The summed E-state index contributed by atoms with van der Waals surface area (Å²) in [7, 11) is 0. The number of esters is 1. The molecule has 4 nitrogen and oxygen atoms in total. The maximum absolute atomic E-state index is 13.1. The van der Waals surface area contributed by atoms with E-state index in [-0.39, 0.29) is 12.1 Å². The van der Waals surface area contributed by atoms with E-state index in [4.69, 9.17) is 16.3 Å². The van der Waals surface area contributed by atoms with Crippen molar-refractivity contribution < 1.29 is 9.53 Å². The summed E-state index contributed by atoms with van der Waals surface area (Å²) in [5.74, 6) is 0.543. The third kappa shape index (κ3) is 4.38. The first-order chi connectivity index (χ1) is 14.0. The van der Waals surface area contributed by atoms with E-state index in [2.05, 4.69) is 5.10 Å². The largest absolute Gasteiger partial charge is 0.459 e. The first kappa shape index (κ1) is 21.1. The van der Waals surface area contributed by atoms with Crippen molar-refractivity contribution in [2.75, 3.05) is 5.88 Å². The monoisotopic (exact) mass is 410 g/mol. The number of aromatic nitrogens is 2. The number of benzene rings is 2. The van der Waals surface area contributed by atoms with Gasteiger partial charge in [0.25, 0.3) is 0 Å². The molecule has 0 amide bonds. The molecule has 1 aliphatic rings. The van der Waals surface area contributed by atoms with E-state index >= 15 is 0 Å². The van der Waals surface area contributed by atoms with Gasteiger partial charge in [0.05, 0.1) is 12.2 Å². The number of hydrogen-bond acceptors (Lipinski definition) is 3. The average Bonchev–Trinajstić information content (AvgIpc) is 3.22. The van der Waals surface area contributed by atoms with Gasteiger partial charge in [-0.25, -0.2) is 0 Å². The number of nitrogens with zero attached hydrogens (tertiary/aromatic N) is 2. The lowest BCUT2D eigenvalue weighted by Gasteiger charge is -2.26. The predicted octanol–water partition coefficient (Wildman–Crippen LogP) is 5.05. The minimum atomic E-state index is -0.761. The van der Waals surface area contributed by atoms with E-state index in [1.807, 2.05) is 92.2 Å². The maximum Gasteiger partial charge on any atom is 0.321 e. The second-order valence-electron chi connectivity index (χ2n) is 7.25. The minimum Gasteiger partial charge on any atom is -0.459 e. The Kier molecular flexibility index (Phi) is 6.75. The highest BCUT2D eigenvalue weighted by Crippen LogP contribution is 2.43. The Bertz CT molecular complexity index is 899. The van der Waals surface area contributed by atoms with Crippen LogP contribution < -0.4 is 0 Å². The smallest absolute Gasteiger partial charge is 0.321 e. The molecule has 1 aromatic heterocycles. The van der Waals surface area contributed by atoms with Crippen molar-refractivity contribution in [3.8, 4) is 0 Å². The van der Waals surface area contributed by atoms with Crippen LogP contribution in [0.5, 0.6) is 0 Å². The fraction of sp³-hybridized carbons (Fsp3) is 0.333. The van der Waals surface area contributed by atoms with Gasteiger partial charge in [-0.1, -0.05) is 67.6 Å². The maximum atomic E-state index is 13.1. The lowest BCUT2D eigenvalue weighted by Crippen LogP contribution is -2.33. The molecule has 3 aromatic rings. The zero-order valence-corrected chi connectivity index (χ0v) is 17.9. The van der Waals surface area contributed by atoms with Crippen molar-refractivity contribution in [2.24, 2.45) is 0 Å². The summed E-state index contributed by atoms with van der Waals surface area (Å²) in [5, 5.41) is 4.52. The SMILES string of the molecule is CCCl.Cc1cc(C)n(CC2CC(c3ccccc3)(c3ccccc3)C(=O)O2)n1. The summed E-state index contributed by atoms with van der Waals surface area (Å²) in [6.07, 6.45) is 0.402. The van der Waals surface area contributed by atoms with Crippen LogP contribution in [-0.4, -0.2) is 27.7 Å². The van der Waals surface area contributed by atoms with Gasteiger partial charge in [-0.3, -0.25) is 9.48 Å². The van der Waals surface area contributed by atoms with Crippen LogP contribution in [0.1, 0.15) is 35.9 Å². The topological polar surface area (TPSA) is 44.1 Å². The van der Waals surface area contributed by atoms with Crippen molar-refractivity contribution in [1.29, 1.82) is 0 Å². The second-order valence-corrected chi connectivity index (χ2v) is 7.78. The van der Waals surface area contributed by atoms with Crippen molar-refractivity contribution in [1.82, 2.24) is 9.78 Å². The van der Waals surface area contributed by atoms with Gasteiger partial charge in [0, 0.05) is 18.0 Å². The molecule has 29 heavy (non-hydrogen) atoms. The van der Waals surface area contributed by atoms with Gasteiger partial charge in [0.15, 0.2) is 0 Å². The molecule has 2 aromatic carbocycles. The summed E-state index contributed by atoms with van der Waals surface area (Å²) in [5.41, 5.74) is 3.25. The molecule has 1 unspecified atom stereocenters. The number of aryl methyl sites for hydroxylation is 2. The third-order valence-corrected chi connectivity index (χ3v) is 5.17. The number of rotatable bonds is 4.